The zero-order valence-electron chi connectivity index (χ0n) is 14.3. The van der Waals surface area contributed by atoms with Gasteiger partial charge in [0.25, 0.3) is 0 Å². The predicted molar refractivity (Wildman–Crippen MR) is 104 cm³/mol. The predicted octanol–water partition coefficient (Wildman–Crippen LogP) is 4.58. The van der Waals surface area contributed by atoms with E-state index in [1.165, 1.54) is 33.9 Å². The summed E-state index contributed by atoms with van der Waals surface area (Å²) >= 11 is 3.43. The van der Waals surface area contributed by atoms with Gasteiger partial charge in [-0.05, 0) is 38.1 Å². The Morgan fingerprint density at radius 2 is 2.17 bits per heavy atom. The molecule has 1 unspecified atom stereocenters. The number of carbonyl (C=O) groups is 1. The molecule has 1 aromatic carbocycles. The van der Waals surface area contributed by atoms with Gasteiger partial charge in [0.05, 0.1) is 16.2 Å². The zero-order valence-corrected chi connectivity index (χ0v) is 15.9. The number of thioether (sulfide) groups is 1. The molecule has 5 heteroatoms. The normalized spacial score (nSPS) is 20.0. The molecule has 2 atom stereocenters. The van der Waals surface area contributed by atoms with Crippen LogP contribution in [0.3, 0.4) is 0 Å². The standard InChI is InChI=1S/C19H24N2OS2/c1-14-6-8-15(9-7-14)18-11-20-19(24-18)17-5-3-4-10-21(17)12-16(13-22)23-2/h6-9,11,13,16-17H,3-5,10,12H2,1-2H3/t16?,17-/m1/s1. The smallest absolute Gasteiger partial charge is 0.134 e. The SMILES string of the molecule is CSC(C=O)CN1CCCC[C@@H]1c1ncc(-c2ccc(C)cc2)s1. The third-order valence-corrected chi connectivity index (χ3v) is 6.64. The highest BCUT2D eigenvalue weighted by molar-refractivity contribution is 7.99. The van der Waals surface area contributed by atoms with Crippen LogP contribution in [0.15, 0.2) is 30.5 Å². The molecule has 1 aromatic heterocycles. The third kappa shape index (κ3) is 4.08. The average molecular weight is 361 g/mol. The molecule has 2 heterocycles. The summed E-state index contributed by atoms with van der Waals surface area (Å²) in [5, 5.41) is 1.25. The largest absolute Gasteiger partial charge is 0.302 e. The molecule has 1 aliphatic rings. The molecule has 1 fully saturated rings. The Morgan fingerprint density at radius 1 is 1.38 bits per heavy atom. The molecule has 0 radical (unpaired) electrons. The van der Waals surface area contributed by atoms with Crippen LogP contribution in [-0.2, 0) is 4.79 Å². The molecule has 3 rings (SSSR count). The van der Waals surface area contributed by atoms with Crippen LogP contribution in [0.25, 0.3) is 10.4 Å². The highest BCUT2D eigenvalue weighted by atomic mass is 32.2. The molecule has 0 aliphatic carbocycles. The van der Waals surface area contributed by atoms with Crippen molar-refractivity contribution in [3.8, 4) is 10.4 Å². The highest BCUT2D eigenvalue weighted by Gasteiger charge is 2.28. The maximum Gasteiger partial charge on any atom is 0.134 e. The number of aromatic nitrogens is 1. The van der Waals surface area contributed by atoms with Crippen molar-refractivity contribution in [2.45, 2.75) is 37.5 Å². The lowest BCUT2D eigenvalue weighted by atomic mass is 10.0. The van der Waals surface area contributed by atoms with Gasteiger partial charge in [-0.15, -0.1) is 11.3 Å². The molecule has 1 saturated heterocycles. The topological polar surface area (TPSA) is 33.2 Å². The number of likely N-dealkylation sites (tertiary alicyclic amines) is 1. The number of piperidine rings is 1. The van der Waals surface area contributed by atoms with Crippen molar-refractivity contribution in [3.63, 3.8) is 0 Å². The minimum Gasteiger partial charge on any atom is -0.302 e. The molecule has 2 aromatic rings. The fraction of sp³-hybridized carbons (Fsp3) is 0.474. The van der Waals surface area contributed by atoms with Gasteiger partial charge in [0.2, 0.25) is 0 Å². The number of hydrogen-bond donors (Lipinski definition) is 0. The molecule has 128 valence electrons. The van der Waals surface area contributed by atoms with Gasteiger partial charge in [0, 0.05) is 12.7 Å². The summed E-state index contributed by atoms with van der Waals surface area (Å²) < 4.78 is 0. The second kappa shape index (κ2) is 8.28. The minimum atomic E-state index is 0.0575. The van der Waals surface area contributed by atoms with Crippen LogP contribution in [-0.4, -0.2) is 40.8 Å². The van der Waals surface area contributed by atoms with Crippen LogP contribution in [0, 0.1) is 6.92 Å². The summed E-state index contributed by atoms with van der Waals surface area (Å²) in [6.45, 7) is 4.00. The Labute approximate surface area is 152 Å². The molecular weight excluding hydrogens is 336 g/mol. The summed E-state index contributed by atoms with van der Waals surface area (Å²) in [5.41, 5.74) is 2.51. The molecule has 3 nitrogen and oxygen atoms in total. The fourth-order valence-corrected chi connectivity index (χ4v) is 4.73. The third-order valence-electron chi connectivity index (χ3n) is 4.63. The van der Waals surface area contributed by atoms with Crippen LogP contribution in [0.1, 0.15) is 35.9 Å². The van der Waals surface area contributed by atoms with Gasteiger partial charge in [0.15, 0.2) is 0 Å². The van der Waals surface area contributed by atoms with E-state index in [-0.39, 0.29) is 5.25 Å². The number of aldehydes is 1. The van der Waals surface area contributed by atoms with Crippen LogP contribution < -0.4 is 0 Å². The number of carbonyl (C=O) groups excluding carboxylic acids is 1. The quantitative estimate of drug-likeness (QED) is 0.706. The van der Waals surface area contributed by atoms with Crippen molar-refractivity contribution < 1.29 is 4.79 Å². The first-order valence-corrected chi connectivity index (χ1v) is 10.6. The Hall–Kier alpha value is -1.17. The van der Waals surface area contributed by atoms with Crippen molar-refractivity contribution in [2.24, 2.45) is 0 Å². The second-order valence-electron chi connectivity index (χ2n) is 6.35. The van der Waals surface area contributed by atoms with E-state index in [2.05, 4.69) is 36.1 Å². The number of hydrogen-bond acceptors (Lipinski definition) is 5. The molecule has 0 amide bonds. The summed E-state index contributed by atoms with van der Waals surface area (Å²) in [6.07, 6.45) is 8.69. The Kier molecular flexibility index (Phi) is 6.09. The first-order chi connectivity index (χ1) is 11.7. The van der Waals surface area contributed by atoms with Crippen LogP contribution in [0.4, 0.5) is 0 Å². The molecular formula is C19H24N2OS2. The summed E-state index contributed by atoms with van der Waals surface area (Å²) in [4.78, 5) is 19.6. The summed E-state index contributed by atoms with van der Waals surface area (Å²) in [5.74, 6) is 0. The van der Waals surface area contributed by atoms with Gasteiger partial charge < -0.3 is 4.79 Å². The Bertz CT molecular complexity index is 668. The first-order valence-electron chi connectivity index (χ1n) is 8.46. The van der Waals surface area contributed by atoms with Crippen molar-refractivity contribution in [3.05, 3.63) is 41.0 Å². The second-order valence-corrected chi connectivity index (χ2v) is 8.48. The van der Waals surface area contributed by atoms with E-state index in [9.17, 15) is 4.79 Å². The molecule has 24 heavy (non-hydrogen) atoms. The van der Waals surface area contributed by atoms with E-state index < -0.39 is 0 Å². The molecule has 0 bridgehead atoms. The van der Waals surface area contributed by atoms with Gasteiger partial charge in [-0.3, -0.25) is 4.90 Å². The van der Waals surface area contributed by atoms with Gasteiger partial charge in [-0.25, -0.2) is 4.98 Å². The van der Waals surface area contributed by atoms with Gasteiger partial charge in [-0.2, -0.15) is 11.8 Å². The molecule has 1 aliphatic heterocycles. The van der Waals surface area contributed by atoms with Crippen molar-refractivity contribution in [2.75, 3.05) is 19.3 Å². The number of nitrogens with zero attached hydrogens (tertiary/aromatic N) is 2. The summed E-state index contributed by atoms with van der Waals surface area (Å²) in [7, 11) is 0. The van der Waals surface area contributed by atoms with E-state index in [1.807, 2.05) is 12.5 Å². The lowest BCUT2D eigenvalue weighted by molar-refractivity contribution is -0.107. The number of rotatable bonds is 6. The highest BCUT2D eigenvalue weighted by Crippen LogP contribution is 2.36. The lowest BCUT2D eigenvalue weighted by Crippen LogP contribution is -2.38. The van der Waals surface area contributed by atoms with E-state index in [0.29, 0.717) is 6.04 Å². The number of thiazole rings is 1. The zero-order chi connectivity index (χ0) is 16.9. The van der Waals surface area contributed by atoms with Gasteiger partial charge >= 0.3 is 0 Å². The maximum atomic E-state index is 11.2. The van der Waals surface area contributed by atoms with E-state index >= 15 is 0 Å². The first kappa shape index (κ1) is 17.6. The summed E-state index contributed by atoms with van der Waals surface area (Å²) in [6, 6.07) is 8.99. The minimum absolute atomic E-state index is 0.0575. The lowest BCUT2D eigenvalue weighted by Gasteiger charge is -2.35. The van der Waals surface area contributed by atoms with E-state index in [4.69, 9.17) is 4.98 Å². The Balaban J connectivity index is 1.78. The van der Waals surface area contributed by atoms with E-state index in [1.54, 1.807) is 23.1 Å². The number of aryl methyl sites for hydroxylation is 1. The monoisotopic (exact) mass is 360 g/mol. The molecule has 0 saturated carbocycles. The van der Waals surface area contributed by atoms with Crippen molar-refractivity contribution in [1.82, 2.24) is 9.88 Å². The fourth-order valence-electron chi connectivity index (χ4n) is 3.19. The molecule has 0 spiro atoms. The number of benzene rings is 1. The van der Waals surface area contributed by atoms with Crippen LogP contribution in [0.2, 0.25) is 0 Å². The van der Waals surface area contributed by atoms with Crippen LogP contribution >= 0.6 is 23.1 Å². The van der Waals surface area contributed by atoms with Gasteiger partial charge in [0.1, 0.15) is 11.3 Å². The molecule has 0 N–H and O–H groups in total. The van der Waals surface area contributed by atoms with E-state index in [0.717, 1.165) is 25.8 Å². The Morgan fingerprint density at radius 3 is 2.88 bits per heavy atom. The average Bonchev–Trinajstić information content (AvgIpc) is 3.10. The van der Waals surface area contributed by atoms with Gasteiger partial charge in [-0.1, -0.05) is 36.2 Å². The van der Waals surface area contributed by atoms with Crippen LogP contribution in [0.5, 0.6) is 0 Å². The maximum absolute atomic E-state index is 11.2. The van der Waals surface area contributed by atoms with Crippen molar-refractivity contribution in [1.29, 1.82) is 0 Å². The van der Waals surface area contributed by atoms with Crippen molar-refractivity contribution >= 4 is 29.4 Å².